The summed E-state index contributed by atoms with van der Waals surface area (Å²) in [4.78, 5) is 0. The minimum absolute atomic E-state index is 0.148. The van der Waals surface area contributed by atoms with Crippen LogP contribution in [0.3, 0.4) is 0 Å². The van der Waals surface area contributed by atoms with Gasteiger partial charge in [-0.25, -0.2) is 0 Å². The van der Waals surface area contributed by atoms with E-state index in [4.69, 9.17) is 5.73 Å². The van der Waals surface area contributed by atoms with Crippen LogP contribution in [0.1, 0.15) is 20.8 Å². The lowest BCUT2D eigenvalue weighted by atomic mass is 10.00. The zero-order valence-electron chi connectivity index (χ0n) is 5.94. The van der Waals surface area contributed by atoms with Gasteiger partial charge in [-0.2, -0.15) is 0 Å². The first kappa shape index (κ1) is 7.70. The molecule has 0 rings (SSSR count). The summed E-state index contributed by atoms with van der Waals surface area (Å²) in [7, 11) is 0. The molecule has 1 heteroatoms. The van der Waals surface area contributed by atoms with Crippen LogP contribution in [0, 0.1) is 5.92 Å². The molecule has 48 valence electrons. The van der Waals surface area contributed by atoms with Crippen LogP contribution >= 0.6 is 0 Å². The first-order chi connectivity index (χ1) is 3.55. The van der Waals surface area contributed by atoms with Crippen molar-refractivity contribution in [3.05, 3.63) is 12.2 Å². The standard InChI is InChI=1S/C7H15N/c1-5(2)6(3)7(4)8/h5,7H,3,8H2,1-2,4H3. The van der Waals surface area contributed by atoms with Gasteiger partial charge in [0.05, 0.1) is 0 Å². The Morgan fingerprint density at radius 1 is 1.38 bits per heavy atom. The molecule has 0 spiro atoms. The van der Waals surface area contributed by atoms with E-state index in [1.807, 2.05) is 6.92 Å². The third-order valence-electron chi connectivity index (χ3n) is 1.33. The molecule has 0 aliphatic heterocycles. The number of nitrogens with two attached hydrogens (primary N) is 1. The van der Waals surface area contributed by atoms with Gasteiger partial charge in [0.25, 0.3) is 0 Å². The molecular formula is C7H15N. The van der Waals surface area contributed by atoms with Crippen molar-refractivity contribution in [1.29, 1.82) is 0 Å². The first-order valence-corrected chi connectivity index (χ1v) is 3.00. The predicted octanol–water partition coefficient (Wildman–Crippen LogP) is 1.55. The summed E-state index contributed by atoms with van der Waals surface area (Å²) in [6.07, 6.45) is 0. The van der Waals surface area contributed by atoms with Crippen molar-refractivity contribution in [2.75, 3.05) is 0 Å². The largest absolute Gasteiger partial charge is 0.324 e. The molecule has 0 aromatic heterocycles. The van der Waals surface area contributed by atoms with Crippen molar-refractivity contribution in [3.63, 3.8) is 0 Å². The Hall–Kier alpha value is -0.300. The zero-order chi connectivity index (χ0) is 6.73. The molecule has 0 saturated carbocycles. The highest BCUT2D eigenvalue weighted by Gasteiger charge is 2.02. The van der Waals surface area contributed by atoms with E-state index in [9.17, 15) is 0 Å². The minimum atomic E-state index is 0.148. The minimum Gasteiger partial charge on any atom is -0.324 e. The SMILES string of the molecule is C=C(C(C)C)C(C)N. The van der Waals surface area contributed by atoms with Gasteiger partial charge in [0.1, 0.15) is 0 Å². The maximum atomic E-state index is 5.54. The number of hydrogen-bond acceptors (Lipinski definition) is 1. The Morgan fingerprint density at radius 3 is 1.75 bits per heavy atom. The second kappa shape index (κ2) is 2.88. The van der Waals surface area contributed by atoms with Gasteiger partial charge in [0.15, 0.2) is 0 Å². The molecule has 8 heavy (non-hydrogen) atoms. The lowest BCUT2D eigenvalue weighted by Gasteiger charge is -2.11. The van der Waals surface area contributed by atoms with Crippen LogP contribution < -0.4 is 5.73 Å². The topological polar surface area (TPSA) is 26.0 Å². The summed E-state index contributed by atoms with van der Waals surface area (Å²) in [5.41, 5.74) is 6.67. The smallest absolute Gasteiger partial charge is 0.0224 e. The maximum Gasteiger partial charge on any atom is 0.0224 e. The molecule has 1 nitrogen and oxygen atoms in total. The van der Waals surface area contributed by atoms with Crippen LogP contribution in [0.15, 0.2) is 12.2 Å². The summed E-state index contributed by atoms with van der Waals surface area (Å²) < 4.78 is 0. The molecule has 0 bridgehead atoms. The van der Waals surface area contributed by atoms with Gasteiger partial charge >= 0.3 is 0 Å². The van der Waals surface area contributed by atoms with Crippen LogP contribution in [0.2, 0.25) is 0 Å². The van der Waals surface area contributed by atoms with Gasteiger partial charge in [0.2, 0.25) is 0 Å². The summed E-state index contributed by atoms with van der Waals surface area (Å²) in [6.45, 7) is 10.00. The molecule has 0 aromatic rings. The molecule has 0 amide bonds. The second-order valence-electron chi connectivity index (χ2n) is 2.52. The quantitative estimate of drug-likeness (QED) is 0.540. The van der Waals surface area contributed by atoms with Crippen LogP contribution in [0.25, 0.3) is 0 Å². The van der Waals surface area contributed by atoms with Crippen LogP contribution in [0.4, 0.5) is 0 Å². The van der Waals surface area contributed by atoms with E-state index in [1.165, 1.54) is 0 Å². The molecule has 0 saturated heterocycles. The normalized spacial score (nSPS) is 14.1. The Balaban J connectivity index is 3.65. The van der Waals surface area contributed by atoms with Gasteiger partial charge in [-0.15, -0.1) is 0 Å². The molecule has 0 aliphatic rings. The predicted molar refractivity (Wildman–Crippen MR) is 37.6 cm³/mol. The van der Waals surface area contributed by atoms with Gasteiger partial charge in [-0.3, -0.25) is 0 Å². The van der Waals surface area contributed by atoms with Crippen LogP contribution in [-0.4, -0.2) is 6.04 Å². The Morgan fingerprint density at radius 2 is 1.75 bits per heavy atom. The molecule has 0 aliphatic carbocycles. The third-order valence-corrected chi connectivity index (χ3v) is 1.33. The van der Waals surface area contributed by atoms with Crippen molar-refractivity contribution in [2.45, 2.75) is 26.8 Å². The number of hydrogen-bond donors (Lipinski definition) is 1. The van der Waals surface area contributed by atoms with Gasteiger partial charge < -0.3 is 5.73 Å². The fourth-order valence-electron chi connectivity index (χ4n) is 0.526. The maximum absolute atomic E-state index is 5.54. The molecule has 1 atom stereocenters. The van der Waals surface area contributed by atoms with E-state index >= 15 is 0 Å². The summed E-state index contributed by atoms with van der Waals surface area (Å²) in [6, 6.07) is 0.148. The van der Waals surface area contributed by atoms with E-state index < -0.39 is 0 Å². The summed E-state index contributed by atoms with van der Waals surface area (Å²) in [5, 5.41) is 0. The van der Waals surface area contributed by atoms with Crippen LogP contribution in [0.5, 0.6) is 0 Å². The van der Waals surface area contributed by atoms with E-state index in [0.29, 0.717) is 5.92 Å². The van der Waals surface area contributed by atoms with Crippen molar-refractivity contribution in [3.8, 4) is 0 Å². The molecule has 0 radical (unpaired) electrons. The van der Waals surface area contributed by atoms with E-state index in [2.05, 4.69) is 20.4 Å². The lowest BCUT2D eigenvalue weighted by molar-refractivity contribution is 0.679. The molecular weight excluding hydrogens is 98.1 g/mol. The Kier molecular flexibility index (Phi) is 2.77. The number of rotatable bonds is 2. The molecule has 0 aromatic carbocycles. The summed E-state index contributed by atoms with van der Waals surface area (Å²) in [5.74, 6) is 0.523. The van der Waals surface area contributed by atoms with Gasteiger partial charge in [0, 0.05) is 6.04 Å². The second-order valence-corrected chi connectivity index (χ2v) is 2.52. The van der Waals surface area contributed by atoms with Crippen molar-refractivity contribution in [1.82, 2.24) is 0 Å². The molecule has 1 unspecified atom stereocenters. The fraction of sp³-hybridized carbons (Fsp3) is 0.714. The highest BCUT2D eigenvalue weighted by atomic mass is 14.6. The van der Waals surface area contributed by atoms with Crippen molar-refractivity contribution in [2.24, 2.45) is 11.7 Å². The Labute approximate surface area is 51.6 Å². The highest BCUT2D eigenvalue weighted by molar-refractivity contribution is 5.04. The summed E-state index contributed by atoms with van der Waals surface area (Å²) >= 11 is 0. The van der Waals surface area contributed by atoms with E-state index in [-0.39, 0.29) is 6.04 Å². The van der Waals surface area contributed by atoms with Crippen molar-refractivity contribution >= 4 is 0 Å². The van der Waals surface area contributed by atoms with Crippen LogP contribution in [-0.2, 0) is 0 Å². The monoisotopic (exact) mass is 113 g/mol. The zero-order valence-corrected chi connectivity index (χ0v) is 5.94. The third kappa shape index (κ3) is 2.12. The molecule has 0 heterocycles. The molecule has 0 fully saturated rings. The van der Waals surface area contributed by atoms with Gasteiger partial charge in [-0.05, 0) is 12.8 Å². The Bertz CT molecular complexity index is 72.4. The lowest BCUT2D eigenvalue weighted by Crippen LogP contribution is -2.20. The fourth-order valence-corrected chi connectivity index (χ4v) is 0.526. The first-order valence-electron chi connectivity index (χ1n) is 3.00. The average molecular weight is 113 g/mol. The van der Waals surface area contributed by atoms with E-state index in [1.54, 1.807) is 0 Å². The van der Waals surface area contributed by atoms with Crippen molar-refractivity contribution < 1.29 is 0 Å². The molecule has 2 N–H and O–H groups in total. The average Bonchev–Trinajstić information content (AvgIpc) is 1.64. The van der Waals surface area contributed by atoms with E-state index in [0.717, 1.165) is 5.57 Å². The highest BCUT2D eigenvalue weighted by Crippen LogP contribution is 2.08. The van der Waals surface area contributed by atoms with Gasteiger partial charge in [-0.1, -0.05) is 26.0 Å².